The molecule has 1 aliphatic heterocycles. The predicted octanol–water partition coefficient (Wildman–Crippen LogP) is 5.26. The third kappa shape index (κ3) is 5.58. The lowest BCUT2D eigenvalue weighted by atomic mass is 9.91. The highest BCUT2D eigenvalue weighted by Gasteiger charge is 2.43. The number of nitrogens with zero attached hydrogens (tertiary/aromatic N) is 2. The fourth-order valence-corrected chi connectivity index (χ4v) is 4.51. The van der Waals surface area contributed by atoms with Gasteiger partial charge in [0.05, 0.1) is 7.11 Å². The molecule has 4 rings (SSSR count). The van der Waals surface area contributed by atoms with Gasteiger partial charge in [-0.2, -0.15) is 13.2 Å². The van der Waals surface area contributed by atoms with Crippen LogP contribution >= 0.6 is 0 Å². The first-order chi connectivity index (χ1) is 15.8. The maximum Gasteiger partial charge on any atom is 0.471 e. The second kappa shape index (κ2) is 10.00. The van der Waals surface area contributed by atoms with Crippen molar-refractivity contribution in [3.05, 3.63) is 65.2 Å². The van der Waals surface area contributed by atoms with Gasteiger partial charge in [0.15, 0.2) is 0 Å². The number of halogens is 3. The minimum Gasteiger partial charge on any atom is -0.497 e. The van der Waals surface area contributed by atoms with Crippen LogP contribution in [0.5, 0.6) is 5.75 Å². The van der Waals surface area contributed by atoms with Gasteiger partial charge in [0.2, 0.25) is 0 Å². The maximum atomic E-state index is 13.4. The molecule has 1 aliphatic carbocycles. The normalized spacial score (nSPS) is 17.3. The summed E-state index contributed by atoms with van der Waals surface area (Å²) < 4.78 is 45.3. The Morgan fingerprint density at radius 2 is 1.88 bits per heavy atom. The van der Waals surface area contributed by atoms with E-state index in [0.717, 1.165) is 47.5 Å². The Morgan fingerprint density at radius 3 is 2.55 bits per heavy atom. The number of rotatable bonds is 6. The quantitative estimate of drug-likeness (QED) is 0.592. The molecular weight excluding hydrogens is 429 g/mol. The number of carbonyl (C=O) groups excluding carboxylic acids is 1. The van der Waals surface area contributed by atoms with Gasteiger partial charge in [-0.1, -0.05) is 36.8 Å². The number of hydrogen-bond acceptors (Lipinski definition) is 3. The van der Waals surface area contributed by atoms with Crippen molar-refractivity contribution in [2.75, 3.05) is 31.6 Å². The van der Waals surface area contributed by atoms with Gasteiger partial charge >= 0.3 is 12.1 Å². The summed E-state index contributed by atoms with van der Waals surface area (Å²) >= 11 is 0. The molecule has 1 amide bonds. The summed E-state index contributed by atoms with van der Waals surface area (Å²) in [5.74, 6) is -1.20. The first-order valence-corrected chi connectivity index (χ1v) is 11.4. The van der Waals surface area contributed by atoms with Gasteiger partial charge in [0.1, 0.15) is 5.75 Å². The van der Waals surface area contributed by atoms with E-state index in [1.54, 1.807) is 49.6 Å². The zero-order valence-electron chi connectivity index (χ0n) is 18.8. The van der Waals surface area contributed by atoms with E-state index >= 15 is 0 Å². The lowest BCUT2D eigenvalue weighted by molar-refractivity contribution is -0.170. The Morgan fingerprint density at radius 1 is 1.12 bits per heavy atom. The molecule has 0 bridgehead atoms. The van der Waals surface area contributed by atoms with E-state index in [0.29, 0.717) is 11.8 Å². The number of fused-ring (bicyclic) bond motifs is 1. The standard InChI is InChI=1S/C26H29F3N2O2/c1-33-24-9-2-5-19(17-24)6-4-14-31(25(32)26(27,28)29)23-11-10-20-12-15-30(22-7-3-8-22)16-13-21(20)18-23/h2,4-6,9-11,17-18,22H,3,7-8,12-16H2,1H3/b6-4+. The average molecular weight is 459 g/mol. The van der Waals surface area contributed by atoms with Crippen LogP contribution < -0.4 is 9.64 Å². The SMILES string of the molecule is COc1cccc(/C=C/CN(C(=O)C(F)(F)F)c2ccc3c(c2)CCN(C2CCC2)CC3)c1. The first-order valence-electron chi connectivity index (χ1n) is 11.4. The van der Waals surface area contributed by atoms with Crippen LogP contribution in [-0.4, -0.2) is 49.8 Å². The summed E-state index contributed by atoms with van der Waals surface area (Å²) in [4.78, 5) is 15.6. The molecule has 0 aromatic heterocycles. The minimum absolute atomic E-state index is 0.178. The Hall–Kier alpha value is -2.80. The molecule has 2 aromatic rings. The van der Waals surface area contributed by atoms with Crippen molar-refractivity contribution in [2.24, 2.45) is 0 Å². The molecule has 0 saturated heterocycles. The van der Waals surface area contributed by atoms with E-state index in [4.69, 9.17) is 4.74 Å². The smallest absolute Gasteiger partial charge is 0.471 e. The summed E-state index contributed by atoms with van der Waals surface area (Å²) in [6.45, 7) is 1.71. The van der Waals surface area contributed by atoms with Gasteiger partial charge in [-0.3, -0.25) is 9.69 Å². The molecule has 1 saturated carbocycles. The van der Waals surface area contributed by atoms with Gasteiger partial charge in [-0.05, 0) is 66.6 Å². The molecule has 7 heteroatoms. The van der Waals surface area contributed by atoms with Crippen molar-refractivity contribution in [1.82, 2.24) is 4.90 Å². The molecule has 0 radical (unpaired) electrons. The number of ether oxygens (including phenoxy) is 1. The van der Waals surface area contributed by atoms with E-state index in [1.165, 1.54) is 19.3 Å². The van der Waals surface area contributed by atoms with Crippen LogP contribution in [0.25, 0.3) is 6.08 Å². The minimum atomic E-state index is -4.95. The summed E-state index contributed by atoms with van der Waals surface area (Å²) in [5, 5.41) is 0. The van der Waals surface area contributed by atoms with Crippen LogP contribution in [0.2, 0.25) is 0 Å². The van der Waals surface area contributed by atoms with Crippen molar-refractivity contribution in [2.45, 2.75) is 44.3 Å². The number of amides is 1. The zero-order chi connectivity index (χ0) is 23.4. The van der Waals surface area contributed by atoms with Crippen LogP contribution in [0.4, 0.5) is 18.9 Å². The van der Waals surface area contributed by atoms with Gasteiger partial charge in [0, 0.05) is 31.4 Å². The lowest BCUT2D eigenvalue weighted by Gasteiger charge is -2.36. The number of methoxy groups -OCH3 is 1. The van der Waals surface area contributed by atoms with E-state index in [2.05, 4.69) is 4.90 Å². The molecule has 0 N–H and O–H groups in total. The van der Waals surface area contributed by atoms with Crippen molar-refractivity contribution in [1.29, 1.82) is 0 Å². The number of benzene rings is 2. The number of hydrogen-bond donors (Lipinski definition) is 0. The predicted molar refractivity (Wildman–Crippen MR) is 123 cm³/mol. The van der Waals surface area contributed by atoms with Gasteiger partial charge in [0.25, 0.3) is 0 Å². The highest BCUT2D eigenvalue weighted by molar-refractivity contribution is 5.97. The molecule has 33 heavy (non-hydrogen) atoms. The summed E-state index contributed by atoms with van der Waals surface area (Å²) in [7, 11) is 1.55. The molecule has 1 fully saturated rings. The van der Waals surface area contributed by atoms with Gasteiger partial charge < -0.3 is 9.64 Å². The van der Waals surface area contributed by atoms with Crippen LogP contribution in [0.1, 0.15) is 36.0 Å². The van der Waals surface area contributed by atoms with Crippen LogP contribution in [0.15, 0.2) is 48.5 Å². The largest absolute Gasteiger partial charge is 0.497 e. The molecule has 4 nitrogen and oxygen atoms in total. The zero-order valence-corrected chi connectivity index (χ0v) is 18.8. The van der Waals surface area contributed by atoms with E-state index < -0.39 is 12.1 Å². The second-order valence-corrected chi connectivity index (χ2v) is 8.67. The monoisotopic (exact) mass is 458 g/mol. The number of carbonyl (C=O) groups is 1. The van der Waals surface area contributed by atoms with E-state index in [1.807, 2.05) is 12.1 Å². The fourth-order valence-electron chi connectivity index (χ4n) is 4.51. The number of alkyl halides is 3. The van der Waals surface area contributed by atoms with E-state index in [9.17, 15) is 18.0 Å². The Kier molecular flexibility index (Phi) is 7.08. The van der Waals surface area contributed by atoms with E-state index in [-0.39, 0.29) is 12.2 Å². The molecule has 176 valence electrons. The molecule has 1 heterocycles. The van der Waals surface area contributed by atoms with Gasteiger partial charge in [-0.15, -0.1) is 0 Å². The van der Waals surface area contributed by atoms with Crippen LogP contribution in [0, 0.1) is 0 Å². The molecule has 0 spiro atoms. The van der Waals surface area contributed by atoms with Crippen molar-refractivity contribution in [3.8, 4) is 5.75 Å². The summed E-state index contributed by atoms with van der Waals surface area (Å²) in [6.07, 6.45) is 3.72. The number of anilines is 1. The van der Waals surface area contributed by atoms with Crippen molar-refractivity contribution >= 4 is 17.7 Å². The van der Waals surface area contributed by atoms with Gasteiger partial charge in [-0.25, -0.2) is 0 Å². The molecule has 0 atom stereocenters. The van der Waals surface area contributed by atoms with Crippen molar-refractivity contribution in [3.63, 3.8) is 0 Å². The Balaban J connectivity index is 1.54. The molecule has 0 unspecified atom stereocenters. The highest BCUT2D eigenvalue weighted by Crippen LogP contribution is 2.30. The molecule has 2 aromatic carbocycles. The average Bonchev–Trinajstić information content (AvgIpc) is 2.97. The Labute approximate surface area is 192 Å². The second-order valence-electron chi connectivity index (χ2n) is 8.67. The topological polar surface area (TPSA) is 32.8 Å². The van der Waals surface area contributed by atoms with Crippen LogP contribution in [-0.2, 0) is 17.6 Å². The lowest BCUT2D eigenvalue weighted by Crippen LogP contribution is -2.41. The summed E-state index contributed by atoms with van der Waals surface area (Å²) in [5.41, 5.74) is 3.26. The third-order valence-electron chi connectivity index (χ3n) is 6.61. The summed E-state index contributed by atoms with van der Waals surface area (Å²) in [6, 6.07) is 13.1. The first kappa shape index (κ1) is 23.4. The molecule has 2 aliphatic rings. The maximum absolute atomic E-state index is 13.4. The van der Waals surface area contributed by atoms with Crippen molar-refractivity contribution < 1.29 is 22.7 Å². The Bertz CT molecular complexity index is 1010. The fraction of sp³-hybridized carbons (Fsp3) is 0.423. The highest BCUT2D eigenvalue weighted by atomic mass is 19.4. The molecular formula is C26H29F3N2O2. The third-order valence-corrected chi connectivity index (χ3v) is 6.61. The van der Waals surface area contributed by atoms with Crippen LogP contribution in [0.3, 0.4) is 0 Å².